The van der Waals surface area contributed by atoms with E-state index >= 15 is 0 Å². The van der Waals surface area contributed by atoms with Gasteiger partial charge in [0, 0.05) is 0 Å². The highest BCUT2D eigenvalue weighted by Gasteiger charge is 2.15. The van der Waals surface area contributed by atoms with Crippen molar-refractivity contribution >= 4 is 5.78 Å². The Morgan fingerprint density at radius 3 is 2.56 bits per heavy atom. The largest absolute Gasteiger partial charge is 0.293 e. The SMILES string of the molecule is CN(CC(=O)c1ccccc1F)CC(F)F. The lowest BCUT2D eigenvalue weighted by Gasteiger charge is -2.14. The van der Waals surface area contributed by atoms with Gasteiger partial charge in [0.2, 0.25) is 0 Å². The molecule has 0 spiro atoms. The minimum absolute atomic E-state index is 0.0661. The second-order valence-corrected chi connectivity index (χ2v) is 3.49. The maximum absolute atomic E-state index is 13.2. The number of alkyl halides is 2. The van der Waals surface area contributed by atoms with Gasteiger partial charge in [0.25, 0.3) is 6.43 Å². The number of hydrogen-bond donors (Lipinski definition) is 0. The number of ketones is 1. The van der Waals surface area contributed by atoms with Crippen molar-refractivity contribution in [3.05, 3.63) is 35.6 Å². The fraction of sp³-hybridized carbons (Fsp3) is 0.364. The molecule has 0 aliphatic heterocycles. The van der Waals surface area contributed by atoms with E-state index in [1.165, 1.54) is 36.2 Å². The lowest BCUT2D eigenvalue weighted by molar-refractivity contribution is 0.0817. The summed E-state index contributed by atoms with van der Waals surface area (Å²) in [5.41, 5.74) is -0.0661. The minimum atomic E-state index is -2.50. The highest BCUT2D eigenvalue weighted by molar-refractivity contribution is 5.97. The summed E-state index contributed by atoms with van der Waals surface area (Å²) in [4.78, 5) is 12.7. The van der Waals surface area contributed by atoms with Crippen molar-refractivity contribution in [2.24, 2.45) is 0 Å². The van der Waals surface area contributed by atoms with Gasteiger partial charge in [-0.15, -0.1) is 0 Å². The Morgan fingerprint density at radius 1 is 1.38 bits per heavy atom. The van der Waals surface area contributed by atoms with Crippen LogP contribution in [-0.2, 0) is 0 Å². The van der Waals surface area contributed by atoms with E-state index in [2.05, 4.69) is 0 Å². The first kappa shape index (κ1) is 12.7. The van der Waals surface area contributed by atoms with E-state index in [1.54, 1.807) is 0 Å². The van der Waals surface area contributed by atoms with Gasteiger partial charge in [-0.2, -0.15) is 0 Å². The zero-order valence-electron chi connectivity index (χ0n) is 8.79. The quantitative estimate of drug-likeness (QED) is 0.724. The van der Waals surface area contributed by atoms with Crippen LogP contribution in [0.2, 0.25) is 0 Å². The molecule has 0 aliphatic carbocycles. The van der Waals surface area contributed by atoms with Gasteiger partial charge in [0.15, 0.2) is 5.78 Å². The summed E-state index contributed by atoms with van der Waals surface area (Å²) in [6.07, 6.45) is -2.50. The number of nitrogens with zero attached hydrogens (tertiary/aromatic N) is 1. The molecule has 0 saturated heterocycles. The number of likely N-dealkylation sites (N-methyl/N-ethyl adjacent to an activating group) is 1. The smallest absolute Gasteiger partial charge is 0.251 e. The fourth-order valence-corrected chi connectivity index (χ4v) is 1.32. The summed E-state index contributed by atoms with van der Waals surface area (Å²) < 4.78 is 37.1. The van der Waals surface area contributed by atoms with Crippen LogP contribution >= 0.6 is 0 Å². The Balaban J connectivity index is 2.63. The molecule has 0 heterocycles. The lowest BCUT2D eigenvalue weighted by atomic mass is 10.1. The first-order valence-corrected chi connectivity index (χ1v) is 4.75. The van der Waals surface area contributed by atoms with Crippen molar-refractivity contribution in [1.29, 1.82) is 0 Å². The molecule has 1 aromatic rings. The number of benzene rings is 1. The van der Waals surface area contributed by atoms with Gasteiger partial charge in [-0.1, -0.05) is 12.1 Å². The van der Waals surface area contributed by atoms with Gasteiger partial charge >= 0.3 is 0 Å². The van der Waals surface area contributed by atoms with Crippen molar-refractivity contribution < 1.29 is 18.0 Å². The summed E-state index contributed by atoms with van der Waals surface area (Å²) >= 11 is 0. The molecule has 0 bridgehead atoms. The topological polar surface area (TPSA) is 20.3 Å². The van der Waals surface area contributed by atoms with Gasteiger partial charge in [0.1, 0.15) is 5.82 Å². The first-order valence-electron chi connectivity index (χ1n) is 4.75. The molecule has 1 rings (SSSR count). The Labute approximate surface area is 91.7 Å². The Kier molecular flexibility index (Phi) is 4.49. The van der Waals surface area contributed by atoms with Crippen LogP contribution in [0.3, 0.4) is 0 Å². The van der Waals surface area contributed by atoms with E-state index in [0.29, 0.717) is 0 Å². The van der Waals surface area contributed by atoms with E-state index in [1.807, 2.05) is 0 Å². The van der Waals surface area contributed by atoms with Crippen LogP contribution in [0.1, 0.15) is 10.4 Å². The monoisotopic (exact) mass is 231 g/mol. The second-order valence-electron chi connectivity index (χ2n) is 3.49. The van der Waals surface area contributed by atoms with Crippen LogP contribution in [0.5, 0.6) is 0 Å². The molecule has 1 aromatic carbocycles. The average molecular weight is 231 g/mol. The molecular weight excluding hydrogens is 219 g/mol. The normalized spacial score (nSPS) is 11.1. The van der Waals surface area contributed by atoms with Crippen LogP contribution in [0, 0.1) is 5.82 Å². The molecule has 5 heteroatoms. The summed E-state index contributed by atoms with van der Waals surface area (Å²) in [7, 11) is 1.39. The van der Waals surface area contributed by atoms with Gasteiger partial charge < -0.3 is 0 Å². The van der Waals surface area contributed by atoms with Crippen LogP contribution in [-0.4, -0.2) is 37.2 Å². The van der Waals surface area contributed by atoms with Crippen LogP contribution < -0.4 is 0 Å². The van der Waals surface area contributed by atoms with Crippen LogP contribution in [0.4, 0.5) is 13.2 Å². The highest BCUT2D eigenvalue weighted by atomic mass is 19.3. The third-order valence-electron chi connectivity index (χ3n) is 2.04. The third kappa shape index (κ3) is 3.66. The minimum Gasteiger partial charge on any atom is -0.293 e. The number of hydrogen-bond acceptors (Lipinski definition) is 2. The Hall–Kier alpha value is -1.36. The Bertz CT molecular complexity index is 368. The number of carbonyl (C=O) groups is 1. The number of carbonyl (C=O) groups excluding carboxylic acids is 1. The Morgan fingerprint density at radius 2 is 2.00 bits per heavy atom. The highest BCUT2D eigenvalue weighted by Crippen LogP contribution is 2.08. The van der Waals surface area contributed by atoms with E-state index < -0.39 is 24.6 Å². The van der Waals surface area contributed by atoms with Crippen molar-refractivity contribution in [2.75, 3.05) is 20.1 Å². The molecule has 0 aromatic heterocycles. The second kappa shape index (κ2) is 5.65. The van der Waals surface area contributed by atoms with Crippen molar-refractivity contribution in [2.45, 2.75) is 6.43 Å². The van der Waals surface area contributed by atoms with E-state index in [0.717, 1.165) is 0 Å². The standard InChI is InChI=1S/C11H12F3NO/c1-15(7-11(13)14)6-10(16)8-4-2-3-5-9(8)12/h2-5,11H,6-7H2,1H3. The predicted molar refractivity (Wildman–Crippen MR) is 54.2 cm³/mol. The van der Waals surface area contributed by atoms with Gasteiger partial charge in [-0.25, -0.2) is 13.2 Å². The molecule has 0 fully saturated rings. The number of Topliss-reactive ketones (excluding diaryl/α,β-unsaturated/α-hetero) is 1. The van der Waals surface area contributed by atoms with E-state index in [9.17, 15) is 18.0 Å². The molecule has 0 radical (unpaired) electrons. The summed E-state index contributed by atoms with van der Waals surface area (Å²) in [5, 5.41) is 0. The third-order valence-corrected chi connectivity index (χ3v) is 2.04. The fourth-order valence-electron chi connectivity index (χ4n) is 1.32. The summed E-state index contributed by atoms with van der Waals surface area (Å²) in [6, 6.07) is 5.51. The molecule has 2 nitrogen and oxygen atoms in total. The van der Waals surface area contributed by atoms with Crippen molar-refractivity contribution in [3.63, 3.8) is 0 Å². The molecule has 0 amide bonds. The first-order chi connectivity index (χ1) is 7.50. The average Bonchev–Trinajstić information content (AvgIpc) is 2.16. The van der Waals surface area contributed by atoms with Crippen LogP contribution in [0.15, 0.2) is 24.3 Å². The molecule has 0 saturated carbocycles. The maximum Gasteiger partial charge on any atom is 0.251 e. The van der Waals surface area contributed by atoms with E-state index in [-0.39, 0.29) is 12.1 Å². The van der Waals surface area contributed by atoms with Gasteiger partial charge in [-0.05, 0) is 19.2 Å². The van der Waals surface area contributed by atoms with Gasteiger partial charge in [-0.3, -0.25) is 9.69 Å². The van der Waals surface area contributed by atoms with Crippen LogP contribution in [0.25, 0.3) is 0 Å². The summed E-state index contributed by atoms with van der Waals surface area (Å²) in [6.45, 7) is -0.717. The zero-order chi connectivity index (χ0) is 12.1. The number of rotatable bonds is 5. The lowest BCUT2D eigenvalue weighted by Crippen LogP contribution is -2.30. The molecule has 0 N–H and O–H groups in total. The molecule has 0 unspecified atom stereocenters. The molecule has 0 atom stereocenters. The zero-order valence-corrected chi connectivity index (χ0v) is 8.79. The molecule has 16 heavy (non-hydrogen) atoms. The molecule has 0 aliphatic rings. The maximum atomic E-state index is 13.2. The summed E-state index contributed by atoms with van der Waals surface area (Å²) in [5.74, 6) is -1.13. The van der Waals surface area contributed by atoms with E-state index in [4.69, 9.17) is 0 Å². The molecule has 88 valence electrons. The van der Waals surface area contributed by atoms with Crippen molar-refractivity contribution in [3.8, 4) is 0 Å². The van der Waals surface area contributed by atoms with Gasteiger partial charge in [0.05, 0.1) is 18.7 Å². The molecular formula is C11H12F3NO. The predicted octanol–water partition coefficient (Wildman–Crippen LogP) is 2.21. The number of halogens is 3. The van der Waals surface area contributed by atoms with Crippen molar-refractivity contribution in [1.82, 2.24) is 4.90 Å².